The molecule has 1 aromatic heterocycles. The fraction of sp³-hybridized carbons (Fsp3) is 0.294. The van der Waals surface area contributed by atoms with Gasteiger partial charge in [0.1, 0.15) is 17.3 Å². The molecular formula is C17H17Cl2N5O2. The van der Waals surface area contributed by atoms with E-state index in [1.165, 1.54) is 0 Å². The Morgan fingerprint density at radius 3 is 2.58 bits per heavy atom. The molecule has 2 heterocycles. The number of hydrogen-bond acceptors (Lipinski definition) is 5. The van der Waals surface area contributed by atoms with Gasteiger partial charge in [0.05, 0.1) is 10.7 Å². The number of carbonyl (C=O) groups is 2. The third-order valence-electron chi connectivity index (χ3n) is 4.00. The van der Waals surface area contributed by atoms with Gasteiger partial charge in [0, 0.05) is 37.3 Å². The first kappa shape index (κ1) is 18.4. The number of piperazine rings is 1. The van der Waals surface area contributed by atoms with E-state index in [0.29, 0.717) is 53.6 Å². The van der Waals surface area contributed by atoms with E-state index in [9.17, 15) is 9.59 Å². The number of aromatic nitrogens is 2. The van der Waals surface area contributed by atoms with Crippen LogP contribution in [0, 0.1) is 6.92 Å². The van der Waals surface area contributed by atoms with Crippen LogP contribution in [0.5, 0.6) is 0 Å². The highest BCUT2D eigenvalue weighted by atomic mass is 35.5. The minimum Gasteiger partial charge on any atom is -0.342 e. The third-order valence-corrected chi connectivity index (χ3v) is 4.56. The van der Waals surface area contributed by atoms with E-state index in [2.05, 4.69) is 15.3 Å². The highest BCUT2D eigenvalue weighted by molar-refractivity contribution is 6.35. The van der Waals surface area contributed by atoms with Crippen LogP contribution in [-0.2, 0) is 4.79 Å². The average molecular weight is 394 g/mol. The summed E-state index contributed by atoms with van der Waals surface area (Å²) in [6.45, 7) is 3.70. The lowest BCUT2D eigenvalue weighted by molar-refractivity contribution is -0.119. The number of hydrogen-bond donors (Lipinski definition) is 1. The number of amides is 2. The van der Waals surface area contributed by atoms with Gasteiger partial charge in [-0.3, -0.25) is 9.59 Å². The van der Waals surface area contributed by atoms with Crippen molar-refractivity contribution in [2.75, 3.05) is 31.5 Å². The van der Waals surface area contributed by atoms with Crippen molar-refractivity contribution >= 4 is 47.0 Å². The minimum absolute atomic E-state index is 0.193. The van der Waals surface area contributed by atoms with Crippen molar-refractivity contribution in [1.29, 1.82) is 0 Å². The molecule has 0 spiro atoms. The molecule has 1 aromatic carbocycles. The Balaban J connectivity index is 1.80. The van der Waals surface area contributed by atoms with E-state index >= 15 is 0 Å². The van der Waals surface area contributed by atoms with E-state index in [4.69, 9.17) is 23.2 Å². The second kappa shape index (κ2) is 7.88. The van der Waals surface area contributed by atoms with Gasteiger partial charge in [0.15, 0.2) is 0 Å². The Labute approximate surface area is 160 Å². The van der Waals surface area contributed by atoms with Crippen molar-refractivity contribution in [3.8, 4) is 0 Å². The molecule has 0 bridgehead atoms. The zero-order valence-corrected chi connectivity index (χ0v) is 15.6. The van der Waals surface area contributed by atoms with Crippen LogP contribution in [0.3, 0.4) is 0 Å². The Hall–Kier alpha value is -2.38. The number of rotatable bonds is 4. The van der Waals surface area contributed by atoms with Crippen LogP contribution in [-0.4, -0.2) is 58.3 Å². The first-order valence-electron chi connectivity index (χ1n) is 8.02. The molecule has 0 aliphatic carbocycles. The summed E-state index contributed by atoms with van der Waals surface area (Å²) in [6.07, 6.45) is 0.799. The molecule has 1 fully saturated rings. The van der Waals surface area contributed by atoms with E-state index in [1.807, 2.05) is 0 Å². The van der Waals surface area contributed by atoms with Crippen molar-refractivity contribution in [2.24, 2.45) is 0 Å². The molecule has 0 unspecified atom stereocenters. The van der Waals surface area contributed by atoms with Crippen LogP contribution < -0.4 is 5.32 Å². The van der Waals surface area contributed by atoms with Gasteiger partial charge in [-0.25, -0.2) is 9.97 Å². The highest BCUT2D eigenvalue weighted by Crippen LogP contribution is 2.28. The van der Waals surface area contributed by atoms with Crippen LogP contribution >= 0.6 is 23.2 Å². The van der Waals surface area contributed by atoms with Gasteiger partial charge in [-0.2, -0.15) is 0 Å². The predicted molar refractivity (Wildman–Crippen MR) is 100 cm³/mol. The number of anilines is 2. The van der Waals surface area contributed by atoms with Crippen molar-refractivity contribution in [2.45, 2.75) is 6.92 Å². The Morgan fingerprint density at radius 1 is 1.15 bits per heavy atom. The predicted octanol–water partition coefficient (Wildman–Crippen LogP) is 2.75. The minimum atomic E-state index is -0.193. The van der Waals surface area contributed by atoms with Crippen molar-refractivity contribution in [3.63, 3.8) is 0 Å². The van der Waals surface area contributed by atoms with Gasteiger partial charge in [-0.15, -0.1) is 0 Å². The van der Waals surface area contributed by atoms with Crippen molar-refractivity contribution in [1.82, 2.24) is 19.8 Å². The number of halogens is 2. The summed E-state index contributed by atoms with van der Waals surface area (Å²) >= 11 is 12.2. The molecule has 9 heteroatoms. The molecule has 136 valence electrons. The summed E-state index contributed by atoms with van der Waals surface area (Å²) in [4.78, 5) is 35.4. The number of benzene rings is 1. The summed E-state index contributed by atoms with van der Waals surface area (Å²) in [5.41, 5.74) is 0.882. The molecule has 0 saturated carbocycles. The first-order valence-corrected chi connectivity index (χ1v) is 8.78. The van der Waals surface area contributed by atoms with Crippen LogP contribution in [0.15, 0.2) is 24.3 Å². The van der Waals surface area contributed by atoms with Crippen LogP contribution in [0.1, 0.15) is 16.3 Å². The second-order valence-corrected chi connectivity index (χ2v) is 6.71. The molecule has 1 aliphatic rings. The van der Waals surface area contributed by atoms with Crippen LogP contribution in [0.2, 0.25) is 10.0 Å². The molecule has 0 radical (unpaired) electrons. The summed E-state index contributed by atoms with van der Waals surface area (Å²) in [5.74, 6) is 0.723. The maximum atomic E-state index is 12.7. The number of nitrogens with one attached hydrogen (secondary N) is 1. The molecule has 1 saturated heterocycles. The average Bonchev–Trinajstić information content (AvgIpc) is 2.64. The monoisotopic (exact) mass is 393 g/mol. The summed E-state index contributed by atoms with van der Waals surface area (Å²) in [5, 5.41) is 4.10. The highest BCUT2D eigenvalue weighted by Gasteiger charge is 2.23. The first-order chi connectivity index (χ1) is 12.5. The summed E-state index contributed by atoms with van der Waals surface area (Å²) in [7, 11) is 0. The van der Waals surface area contributed by atoms with Crippen LogP contribution in [0.25, 0.3) is 0 Å². The lowest BCUT2D eigenvalue weighted by Gasteiger charge is -2.32. The molecule has 26 heavy (non-hydrogen) atoms. The van der Waals surface area contributed by atoms with Crippen molar-refractivity contribution in [3.05, 3.63) is 45.8 Å². The van der Waals surface area contributed by atoms with Gasteiger partial charge in [0.2, 0.25) is 6.41 Å². The third kappa shape index (κ3) is 4.23. The Kier molecular flexibility index (Phi) is 5.58. The zero-order valence-electron chi connectivity index (χ0n) is 14.1. The maximum Gasteiger partial charge on any atom is 0.272 e. The van der Waals surface area contributed by atoms with Gasteiger partial charge in [-0.05, 0) is 25.1 Å². The Bertz CT molecular complexity index is 838. The van der Waals surface area contributed by atoms with E-state index in [-0.39, 0.29) is 11.6 Å². The van der Waals surface area contributed by atoms with Crippen molar-refractivity contribution < 1.29 is 9.59 Å². The zero-order chi connectivity index (χ0) is 18.7. The van der Waals surface area contributed by atoms with Gasteiger partial charge >= 0.3 is 0 Å². The number of aryl methyl sites for hydroxylation is 1. The lowest BCUT2D eigenvalue weighted by atomic mass is 10.2. The molecule has 0 atom stereocenters. The molecule has 1 aliphatic heterocycles. The quantitative estimate of drug-likeness (QED) is 0.807. The molecule has 1 N–H and O–H groups in total. The number of nitrogens with zero attached hydrogens (tertiary/aromatic N) is 4. The summed E-state index contributed by atoms with van der Waals surface area (Å²) < 4.78 is 0. The van der Waals surface area contributed by atoms with Gasteiger partial charge < -0.3 is 15.1 Å². The van der Waals surface area contributed by atoms with E-state index < -0.39 is 0 Å². The molecule has 7 nitrogen and oxygen atoms in total. The lowest BCUT2D eigenvalue weighted by Crippen LogP contribution is -2.48. The van der Waals surface area contributed by atoms with Crippen LogP contribution in [0.4, 0.5) is 11.5 Å². The molecular weight excluding hydrogens is 377 g/mol. The van der Waals surface area contributed by atoms with E-state index in [1.54, 1.807) is 41.0 Å². The largest absolute Gasteiger partial charge is 0.342 e. The SMILES string of the molecule is Cc1nc(Nc2cc(Cl)ccc2Cl)cc(C(=O)N2CCN(C=O)CC2)n1. The van der Waals surface area contributed by atoms with Gasteiger partial charge in [-0.1, -0.05) is 23.2 Å². The topological polar surface area (TPSA) is 78.4 Å². The molecule has 2 aromatic rings. The second-order valence-electron chi connectivity index (χ2n) is 5.87. The van der Waals surface area contributed by atoms with Gasteiger partial charge in [0.25, 0.3) is 5.91 Å². The number of carbonyl (C=O) groups excluding carboxylic acids is 2. The standard InChI is InChI=1S/C17H17Cl2N5O2/c1-11-20-15(17(26)24-6-4-23(10-25)5-7-24)9-16(21-11)22-14-8-12(18)2-3-13(14)19/h2-3,8-10H,4-7H2,1H3,(H,20,21,22). The maximum absolute atomic E-state index is 12.7. The fourth-order valence-electron chi connectivity index (χ4n) is 2.66. The smallest absolute Gasteiger partial charge is 0.272 e. The summed E-state index contributed by atoms with van der Waals surface area (Å²) in [6, 6.07) is 6.63. The van der Waals surface area contributed by atoms with E-state index in [0.717, 1.165) is 6.41 Å². The Morgan fingerprint density at radius 2 is 1.88 bits per heavy atom. The fourth-order valence-corrected chi connectivity index (χ4v) is 3.00. The molecule has 3 rings (SSSR count). The normalized spacial score (nSPS) is 14.3. The molecule has 2 amide bonds.